The molecule has 0 unspecified atom stereocenters. The number of thiazole rings is 1. The molecular formula is C17H15N3OS. The molecule has 0 fully saturated rings. The number of hydrogen-bond donors (Lipinski definition) is 0. The fraction of sp³-hybridized carbons (Fsp3) is 0.118. The molecule has 1 amide bonds. The van der Waals surface area contributed by atoms with E-state index < -0.39 is 0 Å². The molecule has 3 aromatic rings. The van der Waals surface area contributed by atoms with E-state index in [2.05, 4.69) is 9.97 Å². The summed E-state index contributed by atoms with van der Waals surface area (Å²) in [6.45, 7) is 3.79. The van der Waals surface area contributed by atoms with Gasteiger partial charge in [0.2, 0.25) is 0 Å². The zero-order chi connectivity index (χ0) is 15.5. The van der Waals surface area contributed by atoms with Crippen LogP contribution in [0.15, 0.2) is 53.9 Å². The number of aromatic nitrogens is 2. The van der Waals surface area contributed by atoms with Crippen molar-refractivity contribution in [2.75, 3.05) is 4.90 Å². The molecule has 0 saturated carbocycles. The Morgan fingerprint density at radius 1 is 0.955 bits per heavy atom. The number of anilines is 2. The fourth-order valence-electron chi connectivity index (χ4n) is 2.11. The van der Waals surface area contributed by atoms with E-state index in [0.717, 1.165) is 17.1 Å². The standard InChI is InChI=1S/C17H15N3OS/c1-12-7-6-10-15(18-12)16(21)20(14-8-4-3-5-9-14)17-19-13(2)11-22-17/h3-11H,1-2H3. The first-order chi connectivity index (χ1) is 10.6. The molecule has 0 spiro atoms. The quantitative estimate of drug-likeness (QED) is 0.730. The highest BCUT2D eigenvalue weighted by Gasteiger charge is 2.23. The van der Waals surface area contributed by atoms with Gasteiger partial charge in [0.05, 0.1) is 11.4 Å². The highest BCUT2D eigenvalue weighted by molar-refractivity contribution is 7.14. The van der Waals surface area contributed by atoms with E-state index in [0.29, 0.717) is 10.8 Å². The molecule has 5 heteroatoms. The van der Waals surface area contributed by atoms with E-state index in [1.807, 2.05) is 61.7 Å². The molecule has 4 nitrogen and oxygen atoms in total. The summed E-state index contributed by atoms with van der Waals surface area (Å²) in [6.07, 6.45) is 0. The molecule has 0 aliphatic rings. The van der Waals surface area contributed by atoms with Gasteiger partial charge in [-0.1, -0.05) is 24.3 Å². The predicted molar refractivity (Wildman–Crippen MR) is 88.7 cm³/mol. The number of rotatable bonds is 3. The minimum absolute atomic E-state index is 0.177. The Morgan fingerprint density at radius 3 is 2.36 bits per heavy atom. The molecule has 110 valence electrons. The van der Waals surface area contributed by atoms with Gasteiger partial charge in [0.25, 0.3) is 5.91 Å². The molecule has 2 heterocycles. The highest BCUT2D eigenvalue weighted by atomic mass is 32.1. The third-order valence-electron chi connectivity index (χ3n) is 3.12. The minimum Gasteiger partial charge on any atom is -0.266 e. The lowest BCUT2D eigenvalue weighted by atomic mass is 10.2. The molecule has 0 saturated heterocycles. The van der Waals surface area contributed by atoms with Crippen molar-refractivity contribution in [3.8, 4) is 0 Å². The topological polar surface area (TPSA) is 46.1 Å². The van der Waals surface area contributed by atoms with Crippen molar-refractivity contribution in [2.45, 2.75) is 13.8 Å². The van der Waals surface area contributed by atoms with E-state index in [1.54, 1.807) is 11.0 Å². The van der Waals surface area contributed by atoms with E-state index in [-0.39, 0.29) is 5.91 Å². The van der Waals surface area contributed by atoms with Crippen molar-refractivity contribution >= 4 is 28.1 Å². The Balaban J connectivity index is 2.08. The summed E-state index contributed by atoms with van der Waals surface area (Å²) >= 11 is 1.45. The second kappa shape index (κ2) is 6.07. The Morgan fingerprint density at radius 2 is 1.73 bits per heavy atom. The number of carbonyl (C=O) groups excluding carboxylic acids is 1. The molecule has 0 atom stereocenters. The number of nitrogens with zero attached hydrogens (tertiary/aromatic N) is 3. The number of carbonyl (C=O) groups is 1. The number of para-hydroxylation sites is 1. The van der Waals surface area contributed by atoms with Crippen LogP contribution in [0.25, 0.3) is 0 Å². The monoisotopic (exact) mass is 309 g/mol. The van der Waals surface area contributed by atoms with Crippen LogP contribution in [0.1, 0.15) is 21.9 Å². The van der Waals surface area contributed by atoms with Gasteiger partial charge >= 0.3 is 0 Å². The first-order valence-corrected chi connectivity index (χ1v) is 7.78. The van der Waals surface area contributed by atoms with Gasteiger partial charge in [-0.15, -0.1) is 11.3 Å². The summed E-state index contributed by atoms with van der Waals surface area (Å²) in [4.78, 5) is 23.3. The fourth-order valence-corrected chi connectivity index (χ4v) is 2.93. The van der Waals surface area contributed by atoms with Gasteiger partial charge in [-0.3, -0.25) is 9.69 Å². The van der Waals surface area contributed by atoms with Crippen LogP contribution in [0.2, 0.25) is 0 Å². The van der Waals surface area contributed by atoms with Crippen LogP contribution in [0, 0.1) is 13.8 Å². The van der Waals surface area contributed by atoms with Crippen molar-refractivity contribution in [1.29, 1.82) is 0 Å². The van der Waals surface area contributed by atoms with Crippen molar-refractivity contribution in [2.24, 2.45) is 0 Å². The SMILES string of the molecule is Cc1cccc(C(=O)N(c2ccccc2)c2nc(C)cs2)n1. The van der Waals surface area contributed by atoms with Crippen molar-refractivity contribution in [3.63, 3.8) is 0 Å². The second-order valence-electron chi connectivity index (χ2n) is 4.91. The molecule has 0 aliphatic carbocycles. The van der Waals surface area contributed by atoms with Crippen molar-refractivity contribution in [1.82, 2.24) is 9.97 Å². The Bertz CT molecular complexity index is 798. The van der Waals surface area contributed by atoms with Crippen molar-refractivity contribution < 1.29 is 4.79 Å². The van der Waals surface area contributed by atoms with Gasteiger partial charge in [0.1, 0.15) is 5.69 Å². The van der Waals surface area contributed by atoms with Gasteiger partial charge in [-0.05, 0) is 38.1 Å². The third kappa shape index (κ3) is 2.89. The number of hydrogen-bond acceptors (Lipinski definition) is 4. The van der Waals surface area contributed by atoms with Crippen LogP contribution in [-0.2, 0) is 0 Å². The summed E-state index contributed by atoms with van der Waals surface area (Å²) < 4.78 is 0. The predicted octanol–water partition coefficient (Wildman–Crippen LogP) is 4.13. The first-order valence-electron chi connectivity index (χ1n) is 6.90. The summed E-state index contributed by atoms with van der Waals surface area (Å²) in [7, 11) is 0. The van der Waals surface area contributed by atoms with Crippen LogP contribution in [0.5, 0.6) is 0 Å². The average molecular weight is 309 g/mol. The van der Waals surface area contributed by atoms with Gasteiger partial charge in [-0.25, -0.2) is 9.97 Å². The molecule has 0 radical (unpaired) electrons. The second-order valence-corrected chi connectivity index (χ2v) is 5.75. The van der Waals surface area contributed by atoms with E-state index in [1.165, 1.54) is 11.3 Å². The minimum atomic E-state index is -0.177. The van der Waals surface area contributed by atoms with Gasteiger partial charge < -0.3 is 0 Å². The third-order valence-corrected chi connectivity index (χ3v) is 4.07. The molecular weight excluding hydrogens is 294 g/mol. The number of amides is 1. The smallest absolute Gasteiger partial charge is 0.266 e. The maximum Gasteiger partial charge on any atom is 0.283 e. The number of aryl methyl sites for hydroxylation is 2. The molecule has 0 N–H and O–H groups in total. The molecule has 0 aliphatic heterocycles. The summed E-state index contributed by atoms with van der Waals surface area (Å²) in [5, 5.41) is 2.58. The number of pyridine rings is 1. The largest absolute Gasteiger partial charge is 0.283 e. The van der Waals surface area contributed by atoms with Crippen LogP contribution in [0.4, 0.5) is 10.8 Å². The van der Waals surface area contributed by atoms with Crippen LogP contribution < -0.4 is 4.90 Å². The summed E-state index contributed by atoms with van der Waals surface area (Å²) in [6, 6.07) is 15.0. The van der Waals surface area contributed by atoms with Crippen molar-refractivity contribution in [3.05, 3.63) is 71.0 Å². The highest BCUT2D eigenvalue weighted by Crippen LogP contribution is 2.29. The van der Waals surface area contributed by atoms with Crippen LogP contribution in [0.3, 0.4) is 0 Å². The zero-order valence-electron chi connectivity index (χ0n) is 12.4. The van der Waals surface area contributed by atoms with Gasteiger partial charge in [0, 0.05) is 11.1 Å². The maximum atomic E-state index is 12.9. The average Bonchev–Trinajstić information content (AvgIpc) is 2.94. The lowest BCUT2D eigenvalue weighted by molar-refractivity contribution is 0.0994. The van der Waals surface area contributed by atoms with Crippen LogP contribution >= 0.6 is 11.3 Å². The normalized spacial score (nSPS) is 10.5. The van der Waals surface area contributed by atoms with E-state index in [4.69, 9.17) is 0 Å². The van der Waals surface area contributed by atoms with E-state index in [9.17, 15) is 4.79 Å². The van der Waals surface area contributed by atoms with Gasteiger partial charge in [-0.2, -0.15) is 0 Å². The molecule has 1 aromatic carbocycles. The Kier molecular flexibility index (Phi) is 3.98. The summed E-state index contributed by atoms with van der Waals surface area (Å²) in [5.74, 6) is -0.177. The number of benzene rings is 1. The zero-order valence-corrected chi connectivity index (χ0v) is 13.2. The molecule has 3 rings (SSSR count). The molecule has 22 heavy (non-hydrogen) atoms. The Hall–Kier alpha value is -2.53. The maximum absolute atomic E-state index is 12.9. The lowest BCUT2D eigenvalue weighted by Gasteiger charge is -2.19. The Labute approximate surface area is 133 Å². The molecule has 2 aromatic heterocycles. The molecule has 0 bridgehead atoms. The summed E-state index contributed by atoms with van der Waals surface area (Å²) in [5.41, 5.74) is 2.90. The lowest BCUT2D eigenvalue weighted by Crippen LogP contribution is -2.26. The van der Waals surface area contributed by atoms with Gasteiger partial charge in [0.15, 0.2) is 5.13 Å². The van der Waals surface area contributed by atoms with Crippen LogP contribution in [-0.4, -0.2) is 15.9 Å². The van der Waals surface area contributed by atoms with E-state index >= 15 is 0 Å². The first kappa shape index (κ1) is 14.4.